The lowest BCUT2D eigenvalue weighted by atomic mass is 10.2. The standard InChI is InChI=1S/C30H33N5O5S2/c1-3-39-23-10-5-20(6-11-23)27(36)33-29(41)31-22-9-14-26(35-15-17-38-18-16-35)25(19-22)32-30(42)34-28(37)21-7-12-24(13-8-21)40-4-2/h5-14,19H,3-4,15-18H2,1-2H3,(H2,31,33,36,41)(H2,32,34,37,42). The maximum absolute atomic E-state index is 12.8. The average Bonchev–Trinajstić information content (AvgIpc) is 2.98. The molecule has 12 heteroatoms. The number of anilines is 3. The largest absolute Gasteiger partial charge is 0.494 e. The molecule has 3 aromatic rings. The summed E-state index contributed by atoms with van der Waals surface area (Å²) in [5, 5.41) is 11.9. The Balaban J connectivity index is 1.44. The first-order valence-corrected chi connectivity index (χ1v) is 14.3. The Morgan fingerprint density at radius 2 is 1.26 bits per heavy atom. The third-order valence-electron chi connectivity index (χ3n) is 6.16. The third-order valence-corrected chi connectivity index (χ3v) is 6.57. The number of carbonyl (C=O) groups excluding carboxylic acids is 2. The summed E-state index contributed by atoms with van der Waals surface area (Å²) in [5.41, 5.74) is 3.04. The molecule has 3 aromatic carbocycles. The predicted octanol–water partition coefficient (Wildman–Crippen LogP) is 4.57. The number of benzene rings is 3. The van der Waals surface area contributed by atoms with E-state index in [-0.39, 0.29) is 22.0 Å². The lowest BCUT2D eigenvalue weighted by molar-refractivity contribution is 0.0969. The van der Waals surface area contributed by atoms with Gasteiger partial charge in [0.1, 0.15) is 11.5 Å². The fourth-order valence-corrected chi connectivity index (χ4v) is 4.61. The van der Waals surface area contributed by atoms with Gasteiger partial charge < -0.3 is 29.7 Å². The van der Waals surface area contributed by atoms with E-state index in [2.05, 4.69) is 26.2 Å². The van der Waals surface area contributed by atoms with E-state index in [1.807, 2.05) is 32.0 Å². The Bertz CT molecular complexity index is 1410. The highest BCUT2D eigenvalue weighted by Gasteiger charge is 2.18. The summed E-state index contributed by atoms with van der Waals surface area (Å²) in [6, 6.07) is 19.2. The lowest BCUT2D eigenvalue weighted by Gasteiger charge is -2.31. The molecule has 0 unspecified atom stereocenters. The highest BCUT2D eigenvalue weighted by molar-refractivity contribution is 7.80. The van der Waals surface area contributed by atoms with Crippen molar-refractivity contribution in [3.05, 3.63) is 77.9 Å². The molecule has 220 valence electrons. The quantitative estimate of drug-likeness (QED) is 0.258. The highest BCUT2D eigenvalue weighted by atomic mass is 32.1. The van der Waals surface area contributed by atoms with E-state index in [0.717, 1.165) is 5.69 Å². The van der Waals surface area contributed by atoms with Gasteiger partial charge in [-0.15, -0.1) is 0 Å². The van der Waals surface area contributed by atoms with Gasteiger partial charge in [-0.05, 0) is 105 Å². The van der Waals surface area contributed by atoms with Crippen LogP contribution in [0.3, 0.4) is 0 Å². The minimum absolute atomic E-state index is 0.130. The zero-order valence-corrected chi connectivity index (χ0v) is 25.0. The zero-order chi connectivity index (χ0) is 29.9. The van der Waals surface area contributed by atoms with Gasteiger partial charge in [0, 0.05) is 29.9 Å². The smallest absolute Gasteiger partial charge is 0.257 e. The molecule has 1 aliphatic rings. The van der Waals surface area contributed by atoms with Crippen molar-refractivity contribution in [2.24, 2.45) is 0 Å². The van der Waals surface area contributed by atoms with Gasteiger partial charge in [-0.25, -0.2) is 0 Å². The van der Waals surface area contributed by atoms with E-state index in [1.54, 1.807) is 48.5 Å². The molecule has 0 bridgehead atoms. The van der Waals surface area contributed by atoms with Gasteiger partial charge >= 0.3 is 0 Å². The van der Waals surface area contributed by atoms with Gasteiger partial charge in [0.05, 0.1) is 37.8 Å². The molecule has 0 aliphatic carbocycles. The van der Waals surface area contributed by atoms with Crippen LogP contribution in [-0.4, -0.2) is 61.6 Å². The normalized spacial score (nSPS) is 12.6. The van der Waals surface area contributed by atoms with Crippen LogP contribution in [0.25, 0.3) is 0 Å². The van der Waals surface area contributed by atoms with Gasteiger partial charge in [0.25, 0.3) is 11.8 Å². The Morgan fingerprint density at radius 1 is 0.762 bits per heavy atom. The average molecular weight is 608 g/mol. The summed E-state index contributed by atoms with van der Waals surface area (Å²) in [6.07, 6.45) is 0. The van der Waals surface area contributed by atoms with E-state index < -0.39 is 0 Å². The van der Waals surface area contributed by atoms with Crippen LogP contribution in [0.1, 0.15) is 34.6 Å². The maximum Gasteiger partial charge on any atom is 0.257 e. The topological polar surface area (TPSA) is 113 Å². The third kappa shape index (κ3) is 8.62. The number of nitrogens with one attached hydrogen (secondary N) is 4. The molecule has 42 heavy (non-hydrogen) atoms. The SMILES string of the molecule is CCOc1ccc(C(=O)NC(=S)Nc2ccc(N3CCOCC3)c(NC(=S)NC(=O)c3ccc(OCC)cc3)c2)cc1. The fraction of sp³-hybridized carbons (Fsp3) is 0.267. The summed E-state index contributed by atoms with van der Waals surface area (Å²) >= 11 is 10.9. The van der Waals surface area contributed by atoms with Crippen LogP contribution >= 0.6 is 24.4 Å². The zero-order valence-electron chi connectivity index (χ0n) is 23.4. The molecule has 1 saturated heterocycles. The number of hydrogen-bond donors (Lipinski definition) is 4. The Kier molecular flexibility index (Phi) is 11.0. The number of hydrogen-bond acceptors (Lipinski definition) is 8. The summed E-state index contributed by atoms with van der Waals surface area (Å²) in [7, 11) is 0. The number of ether oxygens (including phenoxy) is 3. The Hall–Kier alpha value is -4.26. The Morgan fingerprint density at radius 3 is 1.76 bits per heavy atom. The second-order valence-electron chi connectivity index (χ2n) is 9.06. The van der Waals surface area contributed by atoms with E-state index in [1.165, 1.54) is 0 Å². The second-order valence-corrected chi connectivity index (χ2v) is 9.88. The van der Waals surface area contributed by atoms with Crippen molar-refractivity contribution in [2.75, 3.05) is 55.1 Å². The van der Waals surface area contributed by atoms with Crippen molar-refractivity contribution < 1.29 is 23.8 Å². The van der Waals surface area contributed by atoms with Crippen molar-refractivity contribution in [3.8, 4) is 11.5 Å². The van der Waals surface area contributed by atoms with Crippen LogP contribution in [0.2, 0.25) is 0 Å². The van der Waals surface area contributed by atoms with Crippen molar-refractivity contribution in [3.63, 3.8) is 0 Å². The van der Waals surface area contributed by atoms with E-state index in [9.17, 15) is 9.59 Å². The monoisotopic (exact) mass is 607 g/mol. The molecule has 0 spiro atoms. The number of carbonyl (C=O) groups is 2. The molecule has 10 nitrogen and oxygen atoms in total. The molecule has 0 saturated carbocycles. The van der Waals surface area contributed by atoms with Crippen molar-refractivity contribution in [1.82, 2.24) is 10.6 Å². The number of rotatable bonds is 9. The number of nitrogens with zero attached hydrogens (tertiary/aromatic N) is 1. The predicted molar refractivity (Wildman–Crippen MR) is 172 cm³/mol. The van der Waals surface area contributed by atoms with Crippen LogP contribution in [0, 0.1) is 0 Å². The summed E-state index contributed by atoms with van der Waals surface area (Å²) in [4.78, 5) is 27.7. The van der Waals surface area contributed by atoms with Crippen LogP contribution in [0.4, 0.5) is 17.1 Å². The van der Waals surface area contributed by atoms with Crippen molar-refractivity contribution >= 4 is 63.5 Å². The fourth-order valence-electron chi connectivity index (χ4n) is 4.20. The van der Waals surface area contributed by atoms with Crippen LogP contribution in [-0.2, 0) is 4.74 Å². The number of morpholine rings is 1. The summed E-state index contributed by atoms with van der Waals surface area (Å²) in [5.74, 6) is 0.666. The minimum atomic E-state index is -0.351. The van der Waals surface area contributed by atoms with Gasteiger partial charge in [0.2, 0.25) is 0 Å². The van der Waals surface area contributed by atoms with Crippen LogP contribution in [0.5, 0.6) is 11.5 Å². The molecule has 1 fully saturated rings. The van der Waals surface area contributed by atoms with Gasteiger partial charge in [-0.1, -0.05) is 0 Å². The molecular weight excluding hydrogens is 574 g/mol. The molecule has 0 radical (unpaired) electrons. The van der Waals surface area contributed by atoms with E-state index >= 15 is 0 Å². The van der Waals surface area contributed by atoms with Gasteiger partial charge in [0.15, 0.2) is 10.2 Å². The minimum Gasteiger partial charge on any atom is -0.494 e. The first-order chi connectivity index (χ1) is 20.4. The van der Waals surface area contributed by atoms with Crippen molar-refractivity contribution in [1.29, 1.82) is 0 Å². The molecule has 0 atom stereocenters. The van der Waals surface area contributed by atoms with Crippen molar-refractivity contribution in [2.45, 2.75) is 13.8 Å². The molecule has 0 aromatic heterocycles. The molecule has 1 aliphatic heterocycles. The van der Waals surface area contributed by atoms with E-state index in [0.29, 0.717) is 73.5 Å². The summed E-state index contributed by atoms with van der Waals surface area (Å²) in [6.45, 7) is 7.46. The highest BCUT2D eigenvalue weighted by Crippen LogP contribution is 2.30. The van der Waals surface area contributed by atoms with Crippen LogP contribution in [0.15, 0.2) is 66.7 Å². The number of amides is 2. The molecule has 2 amide bonds. The Labute approximate surface area is 255 Å². The molecule has 4 rings (SSSR count). The maximum atomic E-state index is 12.8. The second kappa shape index (κ2) is 15.1. The molecular formula is C30H33N5O5S2. The first-order valence-electron chi connectivity index (χ1n) is 13.5. The van der Waals surface area contributed by atoms with Gasteiger partial charge in [-0.3, -0.25) is 20.2 Å². The molecule has 1 heterocycles. The lowest BCUT2D eigenvalue weighted by Crippen LogP contribution is -2.38. The van der Waals surface area contributed by atoms with Gasteiger partial charge in [-0.2, -0.15) is 0 Å². The van der Waals surface area contributed by atoms with E-state index in [4.69, 9.17) is 38.6 Å². The molecule has 4 N–H and O–H groups in total. The first kappa shape index (κ1) is 30.7. The van der Waals surface area contributed by atoms with Crippen LogP contribution < -0.4 is 35.6 Å². The number of thiocarbonyl (C=S) groups is 2. The summed E-state index contributed by atoms with van der Waals surface area (Å²) < 4.78 is 16.4.